The molecule has 0 saturated carbocycles. The summed E-state index contributed by atoms with van der Waals surface area (Å²) in [6.07, 6.45) is -2.27. The number of carbonyl (C=O) groups excluding carboxylic acids is 2. The van der Waals surface area contributed by atoms with E-state index < -0.39 is 37.2 Å². The lowest BCUT2D eigenvalue weighted by Gasteiger charge is -2.22. The number of nitrogens with one attached hydrogen (secondary N) is 2. The van der Waals surface area contributed by atoms with Crippen molar-refractivity contribution in [3.8, 4) is 0 Å². The number of aliphatic hydroxyl groups is 4. The maximum Gasteiger partial charge on any atom is 0.253 e. The van der Waals surface area contributed by atoms with Crippen LogP contribution in [0.1, 0.15) is 20.7 Å². The maximum absolute atomic E-state index is 12.7. The molecule has 2 unspecified atom stereocenters. The van der Waals surface area contributed by atoms with Crippen LogP contribution in [-0.2, 0) is 0 Å². The van der Waals surface area contributed by atoms with Gasteiger partial charge < -0.3 is 31.1 Å². The zero-order valence-corrected chi connectivity index (χ0v) is 21.1. The number of hydrogen-bond donors (Lipinski definition) is 7. The van der Waals surface area contributed by atoms with Crippen LogP contribution in [0.2, 0.25) is 0 Å². The van der Waals surface area contributed by atoms with Gasteiger partial charge in [-0.05, 0) is 67.8 Å². The molecule has 1 aromatic rings. The number of hydroxylamine groups is 1. The molecule has 0 saturated heterocycles. The van der Waals surface area contributed by atoms with Crippen molar-refractivity contribution in [2.24, 2.45) is 0 Å². The van der Waals surface area contributed by atoms with Gasteiger partial charge in [0, 0.05) is 23.7 Å². The van der Waals surface area contributed by atoms with Gasteiger partial charge in [-0.1, -0.05) is 0 Å². The van der Waals surface area contributed by atoms with Gasteiger partial charge in [0.25, 0.3) is 11.8 Å². The van der Waals surface area contributed by atoms with E-state index >= 15 is 0 Å². The average molecular weight is 735 g/mol. The zero-order valence-electron chi connectivity index (χ0n) is 14.6. The minimum Gasteiger partial charge on any atom is -0.394 e. The summed E-state index contributed by atoms with van der Waals surface area (Å²) in [5.74, 6) is -1.18. The van der Waals surface area contributed by atoms with Gasteiger partial charge in [0.05, 0.1) is 49.4 Å². The van der Waals surface area contributed by atoms with Crippen LogP contribution >= 0.6 is 67.8 Å². The molecule has 13 heteroatoms. The van der Waals surface area contributed by atoms with Crippen molar-refractivity contribution in [2.75, 3.05) is 38.4 Å². The third-order valence-corrected chi connectivity index (χ3v) is 6.67. The van der Waals surface area contributed by atoms with Gasteiger partial charge in [-0.15, -0.1) is 0 Å². The van der Waals surface area contributed by atoms with Gasteiger partial charge in [0.2, 0.25) is 0 Å². The fourth-order valence-corrected chi connectivity index (χ4v) is 6.90. The van der Waals surface area contributed by atoms with E-state index in [0.717, 1.165) is 5.06 Å². The second-order valence-corrected chi connectivity index (χ2v) is 8.89. The molecule has 7 N–H and O–H groups in total. The predicted octanol–water partition coefficient (Wildman–Crippen LogP) is -0.508. The van der Waals surface area contributed by atoms with Gasteiger partial charge in [0.1, 0.15) is 0 Å². The number of carbonyl (C=O) groups is 2. The summed E-state index contributed by atoms with van der Waals surface area (Å²) in [6, 6.07) is 0. The molecule has 0 radical (unpaired) electrons. The van der Waals surface area contributed by atoms with E-state index in [0.29, 0.717) is 10.7 Å². The number of aliphatic hydroxyl groups excluding tert-OH is 4. The number of hydrogen-bond acceptors (Lipinski definition) is 8. The first-order valence-electron chi connectivity index (χ1n) is 7.83. The highest BCUT2D eigenvalue weighted by Crippen LogP contribution is 2.37. The van der Waals surface area contributed by atoms with E-state index in [1.54, 1.807) is 0 Å². The second-order valence-electron chi connectivity index (χ2n) is 5.66. The van der Waals surface area contributed by atoms with Crippen molar-refractivity contribution in [1.82, 2.24) is 10.6 Å². The summed E-state index contributed by atoms with van der Waals surface area (Å²) < 4.78 is 1.09. The van der Waals surface area contributed by atoms with Gasteiger partial charge >= 0.3 is 0 Å². The van der Waals surface area contributed by atoms with Gasteiger partial charge in [-0.25, -0.2) is 0 Å². The highest BCUT2D eigenvalue weighted by Gasteiger charge is 2.29. The van der Waals surface area contributed by atoms with Crippen LogP contribution in [0, 0.1) is 10.7 Å². The summed E-state index contributed by atoms with van der Waals surface area (Å²) in [5.41, 5.74) is 0.480. The Kier molecular flexibility index (Phi) is 11.1. The quantitative estimate of drug-likeness (QED) is 0.132. The lowest BCUT2D eigenvalue weighted by Crippen LogP contribution is -2.37. The Morgan fingerprint density at radius 1 is 0.893 bits per heavy atom. The average Bonchev–Trinajstić information content (AvgIpc) is 2.63. The minimum absolute atomic E-state index is 0.121. The smallest absolute Gasteiger partial charge is 0.253 e. The standard InChI is InChI=1S/C15H20I3N3O7/c1-21(28)13-11(17)8(14(26)19-2-6(24)4-22)10(16)9(12(13)18)15(27)20-3-7(25)5-23/h6-7,22-25,28H,2-5H2,1H3,(H,19,26)(H,20,27). The summed E-state index contributed by atoms with van der Waals surface area (Å²) in [4.78, 5) is 25.3. The van der Waals surface area contributed by atoms with Crippen LogP contribution in [0.5, 0.6) is 0 Å². The number of rotatable bonds is 9. The highest BCUT2D eigenvalue weighted by molar-refractivity contribution is 14.1. The van der Waals surface area contributed by atoms with Gasteiger partial charge in [-0.3, -0.25) is 19.9 Å². The van der Waals surface area contributed by atoms with Crippen molar-refractivity contribution >= 4 is 85.3 Å². The number of halogens is 3. The number of anilines is 1. The van der Waals surface area contributed by atoms with E-state index in [2.05, 4.69) is 10.6 Å². The normalized spacial score (nSPS) is 13.0. The molecule has 0 aromatic heterocycles. The Morgan fingerprint density at radius 3 is 1.54 bits per heavy atom. The molecule has 1 aromatic carbocycles. The molecular formula is C15H20I3N3O7. The molecule has 2 amide bonds. The van der Waals surface area contributed by atoms with Crippen LogP contribution in [0.3, 0.4) is 0 Å². The first kappa shape index (κ1) is 26.0. The molecule has 1 rings (SSSR count). The lowest BCUT2D eigenvalue weighted by atomic mass is 10.1. The number of nitrogens with zero attached hydrogens (tertiary/aromatic N) is 1. The SMILES string of the molecule is CN(O)c1c(I)c(C(=O)NCC(O)CO)c(I)c(C(=O)NCC(O)CO)c1I. The summed E-state index contributed by atoms with van der Waals surface area (Å²) in [6.45, 7) is -1.43. The molecule has 2 atom stereocenters. The first-order chi connectivity index (χ1) is 13.1. The first-order valence-corrected chi connectivity index (χ1v) is 11.1. The Hall–Kier alpha value is -0.0500. The predicted molar refractivity (Wildman–Crippen MR) is 126 cm³/mol. The molecule has 0 aliphatic carbocycles. The van der Waals surface area contributed by atoms with Crippen LogP contribution in [0.15, 0.2) is 0 Å². The summed E-state index contributed by atoms with van der Waals surface area (Å²) >= 11 is 5.60. The monoisotopic (exact) mass is 735 g/mol. The van der Waals surface area contributed by atoms with Crippen molar-refractivity contribution < 1.29 is 35.2 Å². The van der Waals surface area contributed by atoms with Gasteiger partial charge in [-0.2, -0.15) is 0 Å². The van der Waals surface area contributed by atoms with Crippen molar-refractivity contribution in [2.45, 2.75) is 12.2 Å². The van der Waals surface area contributed by atoms with E-state index in [1.807, 2.05) is 67.8 Å². The Morgan fingerprint density at radius 2 is 1.25 bits per heavy atom. The number of benzene rings is 1. The summed E-state index contributed by atoms with van der Waals surface area (Å²) in [7, 11) is 1.35. The fraction of sp³-hybridized carbons (Fsp3) is 0.467. The molecule has 0 spiro atoms. The van der Waals surface area contributed by atoms with E-state index in [9.17, 15) is 25.0 Å². The number of amides is 2. The largest absolute Gasteiger partial charge is 0.394 e. The molecule has 158 valence electrons. The fourth-order valence-electron chi connectivity index (χ4n) is 2.06. The Bertz CT molecular complexity index is 680. The molecule has 0 heterocycles. The van der Waals surface area contributed by atoms with E-state index in [-0.39, 0.29) is 29.9 Å². The van der Waals surface area contributed by atoms with Crippen LogP contribution < -0.4 is 15.7 Å². The van der Waals surface area contributed by atoms with Crippen LogP contribution in [0.4, 0.5) is 5.69 Å². The second kappa shape index (κ2) is 12.0. The Balaban J connectivity index is 3.42. The molecule has 10 nitrogen and oxygen atoms in total. The molecular weight excluding hydrogens is 715 g/mol. The van der Waals surface area contributed by atoms with E-state index in [1.165, 1.54) is 7.05 Å². The minimum atomic E-state index is -1.13. The topological polar surface area (TPSA) is 163 Å². The van der Waals surface area contributed by atoms with Crippen LogP contribution in [0.25, 0.3) is 0 Å². The molecule has 28 heavy (non-hydrogen) atoms. The lowest BCUT2D eigenvalue weighted by molar-refractivity contribution is 0.0798. The molecule has 0 aliphatic heterocycles. The highest BCUT2D eigenvalue weighted by atomic mass is 127. The summed E-state index contributed by atoms with van der Waals surface area (Å²) in [5, 5.41) is 52.4. The zero-order chi connectivity index (χ0) is 21.6. The molecule has 0 fully saturated rings. The van der Waals surface area contributed by atoms with Crippen molar-refractivity contribution in [1.29, 1.82) is 0 Å². The maximum atomic E-state index is 12.7. The third-order valence-electron chi connectivity index (χ3n) is 3.49. The third kappa shape index (κ3) is 6.47. The molecule has 0 bridgehead atoms. The molecule has 0 aliphatic rings. The Labute approximate surface area is 202 Å². The van der Waals surface area contributed by atoms with Gasteiger partial charge in [0.15, 0.2) is 0 Å². The van der Waals surface area contributed by atoms with Crippen LogP contribution in [-0.4, -0.2) is 83.0 Å². The van der Waals surface area contributed by atoms with E-state index in [4.69, 9.17) is 10.2 Å². The van der Waals surface area contributed by atoms with Crippen molar-refractivity contribution in [3.05, 3.63) is 21.8 Å². The van der Waals surface area contributed by atoms with Crippen molar-refractivity contribution in [3.63, 3.8) is 0 Å².